The molecule has 4 atom stereocenters. The predicted octanol–water partition coefficient (Wildman–Crippen LogP) is -2.58. The van der Waals surface area contributed by atoms with Gasteiger partial charge in [0, 0.05) is 15.3 Å². The molecule has 19 heavy (non-hydrogen) atoms. The number of aliphatic hydroxyl groups excluding tert-OH is 5. The molecule has 0 aliphatic heterocycles. The van der Waals surface area contributed by atoms with Gasteiger partial charge in [-0.2, -0.15) is 0 Å². The molecule has 0 aliphatic carbocycles. The summed E-state index contributed by atoms with van der Waals surface area (Å²) in [6, 6.07) is 1.06. The molecule has 0 saturated carbocycles. The zero-order valence-electron chi connectivity index (χ0n) is 11.4. The number of aliphatic hydroxyl groups is 5. The molecular weight excluding hydrogens is 270 g/mol. The number of carbonyl (C=O) groups excluding carboxylic acids is 1. The van der Waals surface area contributed by atoms with Crippen molar-refractivity contribution in [2.45, 2.75) is 50.0 Å². The summed E-state index contributed by atoms with van der Waals surface area (Å²) in [5, 5.41) is 48.5. The molecular formula is C11H25NO6Si. The van der Waals surface area contributed by atoms with Crippen molar-refractivity contribution in [1.29, 1.82) is 0 Å². The number of rotatable bonds is 9. The third-order valence-corrected chi connectivity index (χ3v) is 4.34. The minimum Gasteiger partial charge on any atom is -0.394 e. The summed E-state index contributed by atoms with van der Waals surface area (Å²) >= 11 is 0. The Morgan fingerprint density at radius 3 is 2.21 bits per heavy atom. The number of hydrogen-bond acceptors (Lipinski definition) is 6. The molecule has 6 N–H and O–H groups in total. The van der Waals surface area contributed by atoms with Gasteiger partial charge >= 0.3 is 0 Å². The SMILES string of the molecule is C[SiH](C)CCCNC(=O)C(O)C(O)C(O)C(O)CO. The van der Waals surface area contributed by atoms with Gasteiger partial charge in [0.25, 0.3) is 5.91 Å². The van der Waals surface area contributed by atoms with Crippen LogP contribution in [0, 0.1) is 0 Å². The van der Waals surface area contributed by atoms with E-state index in [9.17, 15) is 20.1 Å². The smallest absolute Gasteiger partial charge is 0.251 e. The second-order valence-electron chi connectivity index (χ2n) is 5.00. The minimum atomic E-state index is -1.85. The Morgan fingerprint density at radius 1 is 1.16 bits per heavy atom. The first-order valence-corrected chi connectivity index (χ1v) is 9.54. The van der Waals surface area contributed by atoms with Crippen LogP contribution in [-0.4, -0.2) is 77.8 Å². The van der Waals surface area contributed by atoms with E-state index in [-0.39, 0.29) is 0 Å². The van der Waals surface area contributed by atoms with Gasteiger partial charge in [-0.1, -0.05) is 19.1 Å². The van der Waals surface area contributed by atoms with Crippen LogP contribution in [0.2, 0.25) is 19.1 Å². The average molecular weight is 295 g/mol. The van der Waals surface area contributed by atoms with Crippen LogP contribution < -0.4 is 5.32 Å². The Bertz CT molecular complexity index is 266. The van der Waals surface area contributed by atoms with Gasteiger partial charge in [-0.3, -0.25) is 4.79 Å². The fourth-order valence-electron chi connectivity index (χ4n) is 1.50. The van der Waals surface area contributed by atoms with Crippen molar-refractivity contribution in [2.75, 3.05) is 13.2 Å². The largest absolute Gasteiger partial charge is 0.394 e. The van der Waals surface area contributed by atoms with E-state index < -0.39 is 45.7 Å². The number of carbonyl (C=O) groups is 1. The van der Waals surface area contributed by atoms with Crippen molar-refractivity contribution in [1.82, 2.24) is 5.32 Å². The highest BCUT2D eigenvalue weighted by Gasteiger charge is 2.33. The van der Waals surface area contributed by atoms with Gasteiger partial charge in [-0.15, -0.1) is 0 Å². The first-order chi connectivity index (χ1) is 8.81. The molecule has 8 heteroatoms. The van der Waals surface area contributed by atoms with E-state index in [1.807, 2.05) is 0 Å². The second kappa shape index (κ2) is 9.40. The number of hydrogen-bond donors (Lipinski definition) is 6. The molecule has 0 rings (SSSR count). The van der Waals surface area contributed by atoms with Crippen LogP contribution in [0.15, 0.2) is 0 Å². The first-order valence-electron chi connectivity index (χ1n) is 6.42. The Balaban J connectivity index is 4.10. The molecule has 114 valence electrons. The van der Waals surface area contributed by atoms with E-state index >= 15 is 0 Å². The molecule has 0 saturated heterocycles. The van der Waals surface area contributed by atoms with Crippen molar-refractivity contribution in [3.05, 3.63) is 0 Å². The molecule has 0 spiro atoms. The third-order valence-electron chi connectivity index (χ3n) is 2.78. The van der Waals surface area contributed by atoms with E-state index in [4.69, 9.17) is 10.2 Å². The topological polar surface area (TPSA) is 130 Å². The fourth-order valence-corrected chi connectivity index (χ4v) is 2.52. The summed E-state index contributed by atoms with van der Waals surface area (Å²) < 4.78 is 0. The molecule has 1 amide bonds. The highest BCUT2D eigenvalue weighted by Crippen LogP contribution is 2.05. The lowest BCUT2D eigenvalue weighted by Gasteiger charge is -2.24. The normalized spacial score (nSPS) is 17.9. The fraction of sp³-hybridized carbons (Fsp3) is 0.909. The van der Waals surface area contributed by atoms with Crippen molar-refractivity contribution in [2.24, 2.45) is 0 Å². The third kappa shape index (κ3) is 6.99. The number of amides is 1. The molecule has 0 radical (unpaired) electrons. The summed E-state index contributed by atoms with van der Waals surface area (Å²) in [7, 11) is -0.676. The molecule has 4 unspecified atom stereocenters. The van der Waals surface area contributed by atoms with Gasteiger partial charge < -0.3 is 30.8 Å². The van der Waals surface area contributed by atoms with E-state index in [1.54, 1.807) is 0 Å². The van der Waals surface area contributed by atoms with Crippen LogP contribution in [0.25, 0.3) is 0 Å². The lowest BCUT2D eigenvalue weighted by atomic mass is 10.0. The van der Waals surface area contributed by atoms with Crippen LogP contribution in [0.3, 0.4) is 0 Å². The average Bonchev–Trinajstić information content (AvgIpc) is 2.39. The maximum absolute atomic E-state index is 11.5. The highest BCUT2D eigenvalue weighted by atomic mass is 28.3. The Labute approximate surface area is 114 Å². The monoisotopic (exact) mass is 295 g/mol. The predicted molar refractivity (Wildman–Crippen MR) is 72.4 cm³/mol. The molecule has 0 aromatic carbocycles. The van der Waals surface area contributed by atoms with Crippen molar-refractivity contribution < 1.29 is 30.3 Å². The maximum atomic E-state index is 11.5. The minimum absolute atomic E-state index is 0.395. The summed E-state index contributed by atoms with van der Waals surface area (Å²) in [6.45, 7) is 4.00. The maximum Gasteiger partial charge on any atom is 0.251 e. The summed E-state index contributed by atoms with van der Waals surface area (Å²) in [6.07, 6.45) is -6.27. The lowest BCUT2D eigenvalue weighted by Crippen LogP contribution is -2.51. The first kappa shape index (κ1) is 18.5. The van der Waals surface area contributed by atoms with E-state index in [1.165, 1.54) is 0 Å². The second-order valence-corrected chi connectivity index (χ2v) is 8.37. The van der Waals surface area contributed by atoms with Crippen molar-refractivity contribution in [3.8, 4) is 0 Å². The van der Waals surface area contributed by atoms with Gasteiger partial charge in [0.15, 0.2) is 6.10 Å². The van der Waals surface area contributed by atoms with E-state index in [0.717, 1.165) is 12.5 Å². The molecule has 0 aromatic heterocycles. The van der Waals surface area contributed by atoms with Gasteiger partial charge in [0.05, 0.1) is 6.61 Å². The van der Waals surface area contributed by atoms with Crippen LogP contribution >= 0.6 is 0 Å². The van der Waals surface area contributed by atoms with Gasteiger partial charge in [-0.05, 0) is 6.42 Å². The Morgan fingerprint density at radius 2 is 1.74 bits per heavy atom. The zero-order chi connectivity index (χ0) is 15.0. The van der Waals surface area contributed by atoms with E-state index in [2.05, 4.69) is 18.4 Å². The quantitative estimate of drug-likeness (QED) is 0.205. The zero-order valence-corrected chi connectivity index (χ0v) is 12.5. The molecule has 0 aromatic rings. The van der Waals surface area contributed by atoms with Gasteiger partial charge in [0.1, 0.15) is 18.3 Å². The van der Waals surface area contributed by atoms with Gasteiger partial charge in [-0.25, -0.2) is 0 Å². The molecule has 0 heterocycles. The van der Waals surface area contributed by atoms with Crippen molar-refractivity contribution >= 4 is 14.7 Å². The van der Waals surface area contributed by atoms with Gasteiger partial charge in [0.2, 0.25) is 0 Å². The summed E-state index contributed by atoms with van der Waals surface area (Å²) in [4.78, 5) is 11.5. The Kier molecular flexibility index (Phi) is 9.15. The summed E-state index contributed by atoms with van der Waals surface area (Å²) in [5.41, 5.74) is 0. The van der Waals surface area contributed by atoms with E-state index in [0.29, 0.717) is 6.54 Å². The molecule has 0 bridgehead atoms. The van der Waals surface area contributed by atoms with Crippen molar-refractivity contribution in [3.63, 3.8) is 0 Å². The standard InChI is InChI=1S/C11H25NO6Si/c1-19(2)5-3-4-12-11(18)10(17)9(16)8(15)7(14)6-13/h7-10,13-17,19H,3-6H2,1-2H3,(H,12,18). The van der Waals surface area contributed by atoms with Crippen LogP contribution in [0.5, 0.6) is 0 Å². The molecule has 7 nitrogen and oxygen atoms in total. The van der Waals surface area contributed by atoms with Crippen LogP contribution in [0.4, 0.5) is 0 Å². The number of nitrogens with one attached hydrogen (secondary N) is 1. The summed E-state index contributed by atoms with van der Waals surface area (Å²) in [5.74, 6) is -0.804. The molecule has 0 aliphatic rings. The van der Waals surface area contributed by atoms with Crippen LogP contribution in [-0.2, 0) is 4.79 Å². The Hall–Kier alpha value is -0.513. The lowest BCUT2D eigenvalue weighted by molar-refractivity contribution is -0.148. The molecule has 0 fully saturated rings. The highest BCUT2D eigenvalue weighted by molar-refractivity contribution is 6.55. The van der Waals surface area contributed by atoms with Crippen LogP contribution in [0.1, 0.15) is 6.42 Å².